The van der Waals surface area contributed by atoms with E-state index in [1.54, 1.807) is 0 Å². The van der Waals surface area contributed by atoms with Crippen LogP contribution in [0.5, 0.6) is 0 Å². The molecule has 2 fully saturated rings. The Morgan fingerprint density at radius 2 is 2.06 bits per heavy atom. The van der Waals surface area contributed by atoms with Gasteiger partial charge in [0, 0.05) is 6.04 Å². The van der Waals surface area contributed by atoms with Gasteiger partial charge in [-0.1, -0.05) is 40.5 Å². The molecule has 0 spiro atoms. The van der Waals surface area contributed by atoms with Crippen LogP contribution in [0.4, 0.5) is 0 Å². The summed E-state index contributed by atoms with van der Waals surface area (Å²) in [6.07, 6.45) is 5.75. The SMILES string of the molecule is CCCCC1NC(CC)N(C2CC2(C)C)C1=O. The first-order valence-electron chi connectivity index (χ1n) is 7.09. The summed E-state index contributed by atoms with van der Waals surface area (Å²) in [5, 5.41) is 3.51. The van der Waals surface area contributed by atoms with Gasteiger partial charge in [-0.25, -0.2) is 0 Å². The molecule has 17 heavy (non-hydrogen) atoms. The zero-order valence-electron chi connectivity index (χ0n) is 11.6. The molecule has 0 bridgehead atoms. The predicted molar refractivity (Wildman–Crippen MR) is 69.6 cm³/mol. The van der Waals surface area contributed by atoms with Crippen LogP contribution in [0.3, 0.4) is 0 Å². The van der Waals surface area contributed by atoms with Crippen LogP contribution in [-0.2, 0) is 4.79 Å². The van der Waals surface area contributed by atoms with E-state index in [0.717, 1.165) is 32.1 Å². The third kappa shape index (κ3) is 2.35. The van der Waals surface area contributed by atoms with Crippen molar-refractivity contribution < 1.29 is 4.79 Å². The highest BCUT2D eigenvalue weighted by molar-refractivity contribution is 5.85. The van der Waals surface area contributed by atoms with E-state index < -0.39 is 0 Å². The van der Waals surface area contributed by atoms with Crippen LogP contribution in [0.15, 0.2) is 0 Å². The molecule has 3 nitrogen and oxygen atoms in total. The summed E-state index contributed by atoms with van der Waals surface area (Å²) in [4.78, 5) is 14.6. The topological polar surface area (TPSA) is 32.3 Å². The van der Waals surface area contributed by atoms with Gasteiger partial charge in [0.2, 0.25) is 5.91 Å². The lowest BCUT2D eigenvalue weighted by Crippen LogP contribution is -2.40. The van der Waals surface area contributed by atoms with Crippen molar-refractivity contribution >= 4 is 5.91 Å². The van der Waals surface area contributed by atoms with Gasteiger partial charge in [-0.2, -0.15) is 0 Å². The normalized spacial score (nSPS) is 35.4. The first-order chi connectivity index (χ1) is 8.01. The summed E-state index contributed by atoms with van der Waals surface area (Å²) in [5.74, 6) is 0.348. The van der Waals surface area contributed by atoms with Crippen LogP contribution >= 0.6 is 0 Å². The zero-order valence-corrected chi connectivity index (χ0v) is 11.6. The molecule has 1 aliphatic heterocycles. The van der Waals surface area contributed by atoms with Crippen LogP contribution in [0.2, 0.25) is 0 Å². The second-order valence-corrected chi connectivity index (χ2v) is 6.24. The highest BCUT2D eigenvalue weighted by Gasteiger charge is 2.55. The van der Waals surface area contributed by atoms with E-state index in [9.17, 15) is 4.79 Å². The quantitative estimate of drug-likeness (QED) is 0.798. The van der Waals surface area contributed by atoms with Crippen LogP contribution in [-0.4, -0.2) is 29.1 Å². The molecular weight excluding hydrogens is 212 g/mol. The Balaban J connectivity index is 2.02. The number of nitrogens with one attached hydrogen (secondary N) is 1. The number of amides is 1. The second kappa shape index (κ2) is 4.60. The van der Waals surface area contributed by atoms with E-state index in [2.05, 4.69) is 37.9 Å². The Bertz CT molecular complexity index is 301. The molecule has 1 amide bonds. The van der Waals surface area contributed by atoms with Gasteiger partial charge in [0.05, 0.1) is 12.2 Å². The Hall–Kier alpha value is -0.570. The van der Waals surface area contributed by atoms with Crippen molar-refractivity contribution in [2.24, 2.45) is 5.41 Å². The molecule has 2 aliphatic rings. The molecule has 0 aromatic rings. The van der Waals surface area contributed by atoms with Crippen molar-refractivity contribution in [1.29, 1.82) is 0 Å². The number of nitrogens with zero attached hydrogens (tertiary/aromatic N) is 1. The first-order valence-corrected chi connectivity index (χ1v) is 7.09. The molecule has 0 radical (unpaired) electrons. The monoisotopic (exact) mass is 238 g/mol. The minimum Gasteiger partial charge on any atom is -0.322 e. The third-order valence-corrected chi connectivity index (χ3v) is 4.31. The Morgan fingerprint density at radius 3 is 2.53 bits per heavy atom. The molecule has 0 aromatic carbocycles. The molecule has 1 N–H and O–H groups in total. The van der Waals surface area contributed by atoms with E-state index in [1.165, 1.54) is 0 Å². The Labute approximate surface area is 105 Å². The van der Waals surface area contributed by atoms with E-state index in [0.29, 0.717) is 17.4 Å². The number of hydrogen-bond donors (Lipinski definition) is 1. The predicted octanol–water partition coefficient (Wildman–Crippen LogP) is 2.51. The van der Waals surface area contributed by atoms with Crippen LogP contribution in [0, 0.1) is 5.41 Å². The van der Waals surface area contributed by atoms with Gasteiger partial charge in [-0.05, 0) is 24.7 Å². The average molecular weight is 238 g/mol. The van der Waals surface area contributed by atoms with Gasteiger partial charge in [-0.15, -0.1) is 0 Å². The maximum absolute atomic E-state index is 12.4. The van der Waals surface area contributed by atoms with Crippen molar-refractivity contribution in [3.63, 3.8) is 0 Å². The minimum atomic E-state index is 0.0799. The molecule has 3 unspecified atom stereocenters. The molecule has 1 saturated heterocycles. The van der Waals surface area contributed by atoms with Crippen LogP contribution in [0.25, 0.3) is 0 Å². The highest BCUT2D eigenvalue weighted by atomic mass is 16.2. The van der Waals surface area contributed by atoms with Crippen LogP contribution in [0.1, 0.15) is 59.8 Å². The molecule has 1 saturated carbocycles. The number of rotatable bonds is 5. The van der Waals surface area contributed by atoms with Gasteiger partial charge in [0.1, 0.15) is 0 Å². The van der Waals surface area contributed by atoms with Crippen molar-refractivity contribution in [1.82, 2.24) is 10.2 Å². The summed E-state index contributed by atoms with van der Waals surface area (Å²) in [7, 11) is 0. The first kappa shape index (κ1) is 12.9. The molecule has 98 valence electrons. The lowest BCUT2D eigenvalue weighted by molar-refractivity contribution is -0.131. The number of carbonyl (C=O) groups is 1. The number of hydrogen-bond acceptors (Lipinski definition) is 2. The summed E-state index contributed by atoms with van der Waals surface area (Å²) in [5.41, 5.74) is 0.338. The molecule has 3 atom stereocenters. The van der Waals surface area contributed by atoms with E-state index in [-0.39, 0.29) is 12.2 Å². The smallest absolute Gasteiger partial charge is 0.241 e. The fraction of sp³-hybridized carbons (Fsp3) is 0.929. The maximum atomic E-state index is 12.4. The summed E-state index contributed by atoms with van der Waals surface area (Å²) >= 11 is 0. The molecule has 3 heteroatoms. The highest BCUT2D eigenvalue weighted by Crippen LogP contribution is 2.50. The fourth-order valence-electron chi connectivity index (χ4n) is 2.93. The van der Waals surface area contributed by atoms with Gasteiger partial charge < -0.3 is 4.90 Å². The van der Waals surface area contributed by atoms with Gasteiger partial charge in [-0.3, -0.25) is 10.1 Å². The zero-order chi connectivity index (χ0) is 12.6. The molecular formula is C14H26N2O. The summed E-state index contributed by atoms with van der Waals surface area (Å²) < 4.78 is 0. The Kier molecular flexibility index (Phi) is 3.48. The van der Waals surface area contributed by atoms with Gasteiger partial charge in [0.25, 0.3) is 0 Å². The van der Waals surface area contributed by atoms with Gasteiger partial charge in [0.15, 0.2) is 0 Å². The van der Waals surface area contributed by atoms with E-state index in [1.807, 2.05) is 0 Å². The lowest BCUT2D eigenvalue weighted by Gasteiger charge is -2.24. The number of carbonyl (C=O) groups excluding carboxylic acids is 1. The van der Waals surface area contributed by atoms with Crippen molar-refractivity contribution in [3.05, 3.63) is 0 Å². The molecule has 2 rings (SSSR count). The lowest BCUT2D eigenvalue weighted by atomic mass is 10.1. The van der Waals surface area contributed by atoms with E-state index in [4.69, 9.17) is 0 Å². The fourth-order valence-corrected chi connectivity index (χ4v) is 2.93. The van der Waals surface area contributed by atoms with E-state index >= 15 is 0 Å². The van der Waals surface area contributed by atoms with Crippen molar-refractivity contribution in [2.45, 2.75) is 78.0 Å². The molecule has 1 aliphatic carbocycles. The van der Waals surface area contributed by atoms with Crippen molar-refractivity contribution in [2.75, 3.05) is 0 Å². The maximum Gasteiger partial charge on any atom is 0.241 e. The Morgan fingerprint density at radius 1 is 1.41 bits per heavy atom. The van der Waals surface area contributed by atoms with Crippen molar-refractivity contribution in [3.8, 4) is 0 Å². The third-order valence-electron chi connectivity index (χ3n) is 4.31. The minimum absolute atomic E-state index is 0.0799. The summed E-state index contributed by atoms with van der Waals surface area (Å²) in [6, 6.07) is 0.551. The molecule has 1 heterocycles. The van der Waals surface area contributed by atoms with Crippen LogP contribution < -0.4 is 5.32 Å². The largest absolute Gasteiger partial charge is 0.322 e. The number of unbranched alkanes of at least 4 members (excludes halogenated alkanes) is 1. The second-order valence-electron chi connectivity index (χ2n) is 6.24. The average Bonchev–Trinajstić information content (AvgIpc) is 2.78. The van der Waals surface area contributed by atoms with Gasteiger partial charge >= 0.3 is 0 Å². The standard InChI is InChI=1S/C14H26N2O/c1-5-7-8-10-13(17)16(12(6-2)15-10)11-9-14(11,3)4/h10-12,15H,5-9H2,1-4H3. The molecule has 0 aromatic heterocycles. The summed E-state index contributed by atoms with van der Waals surface area (Å²) in [6.45, 7) is 8.86.